The van der Waals surface area contributed by atoms with E-state index in [4.69, 9.17) is 0 Å². The van der Waals surface area contributed by atoms with Crippen LogP contribution in [0.5, 0.6) is 0 Å². The Bertz CT molecular complexity index is 1960. The van der Waals surface area contributed by atoms with Crippen LogP contribution in [0.25, 0.3) is 0 Å². The molecule has 0 aromatic carbocycles. The minimum absolute atomic E-state index is 1.03. The zero-order valence-electron chi connectivity index (χ0n) is 44.8. The molecule has 0 fully saturated rings. The Balaban J connectivity index is 0.000000427. The lowest BCUT2D eigenvalue weighted by molar-refractivity contribution is 0.557. The van der Waals surface area contributed by atoms with Gasteiger partial charge in [-0.2, -0.15) is 22.7 Å². The number of nitrogens with zero attached hydrogens (tertiary/aromatic N) is 8. The molecule has 12 heterocycles. The van der Waals surface area contributed by atoms with Crippen molar-refractivity contribution in [2.24, 2.45) is 20.0 Å². The number of thiazole rings is 2. The van der Waals surface area contributed by atoms with E-state index >= 15 is 0 Å². The molecule has 0 saturated heterocycles. The highest BCUT2D eigenvalue weighted by Gasteiger charge is 1.77. The summed E-state index contributed by atoms with van der Waals surface area (Å²) in [5, 5.41) is 12.0. The lowest BCUT2D eigenvalue weighted by Gasteiger charge is -1.57. The SMILES string of the molecule is C1=CCC=C1.C1=CCC=C1.C1=CCC=C1.C1=CCC=C1.C1=CN=CC1.C1=CN=CC1.C1=CN=CC1.C1=CN=CC1.c1ccoc1.c1ccoc1.c1ccsc1.c1ccsc1.c1cocn1.c1cocn1.c1cscn1.c1cscn1. The highest BCUT2D eigenvalue weighted by Crippen LogP contribution is 1.96. The number of aliphatic imine (C=N–C) groups is 4. The van der Waals surface area contributed by atoms with Crippen molar-refractivity contribution in [3.05, 3.63) is 313 Å². The summed E-state index contributed by atoms with van der Waals surface area (Å²) in [6.07, 6.45) is 83.9. The van der Waals surface area contributed by atoms with Crippen LogP contribution in [0, 0.1) is 0 Å². The predicted molar refractivity (Wildman–Crippen MR) is 344 cm³/mol. The van der Waals surface area contributed by atoms with E-state index in [1.165, 1.54) is 25.3 Å². The molecule has 0 N–H and O–H groups in total. The molecule has 0 atom stereocenters. The predicted octanol–water partition coefficient (Wildman–Crippen LogP) is 19.6. The maximum Gasteiger partial charge on any atom is 0.180 e. The Morgan fingerprint density at radius 1 is 0.250 bits per heavy atom. The monoisotopic (exact) mass is 1140 g/mol. The molecule has 12 nitrogen and oxygen atoms in total. The molecule has 80 heavy (non-hydrogen) atoms. The van der Waals surface area contributed by atoms with Crippen molar-refractivity contribution in [2.75, 3.05) is 0 Å². The first-order chi connectivity index (χ1) is 40.0. The minimum atomic E-state index is 1.03. The average molecular weight is 1150 g/mol. The van der Waals surface area contributed by atoms with Crippen LogP contribution < -0.4 is 0 Å². The summed E-state index contributed by atoms with van der Waals surface area (Å²) in [6.45, 7) is 0. The Kier molecular flexibility index (Phi) is 57.4. The molecule has 16 rings (SSSR count). The first-order valence-corrected chi connectivity index (χ1v) is 28.9. The highest BCUT2D eigenvalue weighted by atomic mass is 32.1. The van der Waals surface area contributed by atoms with Crippen LogP contribution in [-0.2, 0) is 0 Å². The lowest BCUT2D eigenvalue weighted by atomic mass is 10.5. The van der Waals surface area contributed by atoms with Crippen molar-refractivity contribution in [3.8, 4) is 0 Å². The fraction of sp³-hybridized carbons (Fsp3) is 0.125. The molecule has 8 aromatic heterocycles. The summed E-state index contributed by atoms with van der Waals surface area (Å²) in [6, 6.07) is 15.4. The van der Waals surface area contributed by atoms with Gasteiger partial charge in [-0.1, -0.05) is 146 Å². The van der Waals surface area contributed by atoms with Gasteiger partial charge in [-0.3, -0.25) is 29.9 Å². The maximum absolute atomic E-state index is 4.58. The summed E-state index contributed by atoms with van der Waals surface area (Å²) in [5.74, 6) is 0. The number of hydrogen-bond donors (Lipinski definition) is 0. The van der Waals surface area contributed by atoms with Crippen molar-refractivity contribution in [1.29, 1.82) is 0 Å². The van der Waals surface area contributed by atoms with Gasteiger partial charge in [-0.05, 0) is 71.5 Å². The van der Waals surface area contributed by atoms with Gasteiger partial charge in [0.1, 0.15) is 12.5 Å². The largest absolute Gasteiger partial charge is 0.473 e. The maximum atomic E-state index is 4.58. The van der Waals surface area contributed by atoms with Crippen molar-refractivity contribution in [1.82, 2.24) is 19.9 Å². The Labute approximate surface area is 489 Å². The zero-order valence-corrected chi connectivity index (χ0v) is 48.1. The fourth-order valence-corrected chi connectivity index (χ4v) is 6.01. The van der Waals surface area contributed by atoms with Gasteiger partial charge in [0.05, 0.1) is 48.5 Å². The van der Waals surface area contributed by atoms with E-state index in [1.807, 2.05) is 130 Å². The molecule has 4 aliphatic carbocycles. The Morgan fingerprint density at radius 2 is 0.550 bits per heavy atom. The number of thiophene rings is 2. The quantitative estimate of drug-likeness (QED) is 0.145. The molecule has 16 heteroatoms. The standard InChI is InChI=1S/4C5H6.4C4H5N.2C4H4O.2C4H4S.2C3H3NO.2C3H3NS/c12*1-2-4-5-3-1;4*1-2-5-3-4-1/h4*1-4H,5H2;4*1,3-4H,2H2;4*1-4H;4*1-3H. The van der Waals surface area contributed by atoms with E-state index in [9.17, 15) is 0 Å². The molecule has 0 amide bonds. The molecule has 0 unspecified atom stereocenters. The van der Waals surface area contributed by atoms with Gasteiger partial charge in [0.2, 0.25) is 0 Å². The summed E-state index contributed by atoms with van der Waals surface area (Å²) in [4.78, 5) is 29.7. The van der Waals surface area contributed by atoms with Crippen LogP contribution in [0.2, 0.25) is 0 Å². The molecule has 0 bridgehead atoms. The number of aromatic nitrogens is 4. The minimum Gasteiger partial charge on any atom is -0.473 e. The van der Waals surface area contributed by atoms with Crippen LogP contribution in [0.3, 0.4) is 0 Å². The van der Waals surface area contributed by atoms with E-state index in [1.54, 1.807) is 131 Å². The second-order valence-electron chi connectivity index (χ2n) is 14.1. The fourth-order valence-electron chi connectivity index (χ4n) is 4.40. The Hall–Kier alpha value is -8.80. The van der Waals surface area contributed by atoms with Crippen molar-refractivity contribution >= 4 is 70.2 Å². The molecule has 0 saturated carbocycles. The van der Waals surface area contributed by atoms with Gasteiger partial charge in [0.15, 0.2) is 12.8 Å². The molecular weight excluding hydrogens is 1070 g/mol. The van der Waals surface area contributed by atoms with Gasteiger partial charge in [0, 0.05) is 98.5 Å². The molecule has 0 spiro atoms. The van der Waals surface area contributed by atoms with Crippen molar-refractivity contribution in [2.45, 2.75) is 51.4 Å². The number of allylic oxidation sites excluding steroid dienone is 20. The number of rotatable bonds is 0. The number of furan rings is 2. The third kappa shape index (κ3) is 63.5. The summed E-state index contributed by atoms with van der Waals surface area (Å²) >= 11 is 6.63. The van der Waals surface area contributed by atoms with Gasteiger partial charge in [-0.25, -0.2) is 9.97 Å². The van der Waals surface area contributed by atoms with Crippen LogP contribution in [0.15, 0.2) is 351 Å². The summed E-state index contributed by atoms with van der Waals surface area (Å²) < 4.78 is 18.1. The summed E-state index contributed by atoms with van der Waals surface area (Å²) in [5.41, 5.74) is 3.58. The molecule has 8 aromatic rings. The smallest absolute Gasteiger partial charge is 0.180 e. The summed E-state index contributed by atoms with van der Waals surface area (Å²) in [7, 11) is 0. The highest BCUT2D eigenvalue weighted by molar-refractivity contribution is 7.08. The van der Waals surface area contributed by atoms with E-state index in [0.717, 1.165) is 51.4 Å². The number of hydrogen-bond acceptors (Lipinski definition) is 16. The molecule has 0 radical (unpaired) electrons. The van der Waals surface area contributed by atoms with Crippen LogP contribution >= 0.6 is 45.3 Å². The first kappa shape index (κ1) is 69.2. The first-order valence-electron chi connectivity index (χ1n) is 25.1. The normalized spacial score (nSPS) is 12.8. The second-order valence-corrected chi connectivity index (χ2v) is 17.2. The average Bonchev–Trinajstić information content (AvgIpc) is 4.39. The Morgan fingerprint density at radius 3 is 0.625 bits per heavy atom. The zero-order chi connectivity index (χ0) is 56.6. The second kappa shape index (κ2) is 66.3. The van der Waals surface area contributed by atoms with Gasteiger partial charge >= 0.3 is 0 Å². The molecular formula is C64H72N8O4S4. The topological polar surface area (TPSA) is 154 Å². The molecule has 416 valence electrons. The molecule has 4 aliphatic heterocycles. The van der Waals surface area contributed by atoms with E-state index in [2.05, 4.69) is 155 Å². The van der Waals surface area contributed by atoms with Crippen molar-refractivity contribution < 1.29 is 17.7 Å². The number of oxazole rings is 2. The lowest BCUT2D eigenvalue weighted by Crippen LogP contribution is -1.51. The van der Waals surface area contributed by atoms with E-state index in [-0.39, 0.29) is 0 Å². The van der Waals surface area contributed by atoms with Gasteiger partial charge in [-0.15, -0.1) is 22.7 Å². The van der Waals surface area contributed by atoms with Crippen molar-refractivity contribution in [3.63, 3.8) is 0 Å². The van der Waals surface area contributed by atoms with Crippen LogP contribution in [0.1, 0.15) is 51.4 Å². The van der Waals surface area contributed by atoms with E-state index < -0.39 is 0 Å². The van der Waals surface area contributed by atoms with Gasteiger partial charge < -0.3 is 17.7 Å². The van der Waals surface area contributed by atoms with Gasteiger partial charge in [0.25, 0.3) is 0 Å². The third-order valence-corrected chi connectivity index (χ3v) is 10.2. The van der Waals surface area contributed by atoms with Crippen LogP contribution in [-0.4, -0.2) is 44.8 Å². The molecule has 8 aliphatic rings. The third-order valence-electron chi connectivity index (χ3n) is 7.87. The van der Waals surface area contributed by atoms with Crippen LogP contribution in [0.4, 0.5) is 0 Å². The van der Waals surface area contributed by atoms with E-state index in [0.29, 0.717) is 0 Å².